The molecular weight excluding hydrogens is 320 g/mol. The van der Waals surface area contributed by atoms with Crippen molar-refractivity contribution in [1.29, 1.82) is 0 Å². The van der Waals surface area contributed by atoms with E-state index in [0.29, 0.717) is 6.04 Å². The third-order valence-corrected chi connectivity index (χ3v) is 5.34. The summed E-state index contributed by atoms with van der Waals surface area (Å²) in [5, 5.41) is 3.65. The van der Waals surface area contributed by atoms with E-state index >= 15 is 0 Å². The van der Waals surface area contributed by atoms with Crippen LogP contribution in [0, 0.1) is 0 Å². The first-order valence-electron chi connectivity index (χ1n) is 7.30. The molecule has 3 aliphatic rings. The predicted octanol–water partition coefficient (Wildman–Crippen LogP) is 1.89. The normalized spacial score (nSPS) is 25.0. The molecule has 1 fully saturated rings. The van der Waals surface area contributed by atoms with E-state index < -0.39 is 0 Å². The molecule has 5 heteroatoms. The van der Waals surface area contributed by atoms with Gasteiger partial charge < -0.3 is 19.7 Å². The first kappa shape index (κ1) is 12.9. The van der Waals surface area contributed by atoms with E-state index in [-0.39, 0.29) is 0 Å². The Labute approximate surface area is 127 Å². The number of halogens is 1. The number of likely N-dealkylation sites (N-methyl/N-ethyl adjacent to an activating group) is 1. The highest BCUT2D eigenvalue weighted by Gasteiger charge is 2.34. The molecule has 4 nitrogen and oxygen atoms in total. The van der Waals surface area contributed by atoms with Crippen molar-refractivity contribution < 1.29 is 9.47 Å². The van der Waals surface area contributed by atoms with Gasteiger partial charge in [-0.3, -0.25) is 0 Å². The van der Waals surface area contributed by atoms with Gasteiger partial charge in [0.1, 0.15) is 11.5 Å². The monoisotopic (exact) mass is 338 g/mol. The molecule has 0 aliphatic carbocycles. The van der Waals surface area contributed by atoms with Crippen molar-refractivity contribution in [2.75, 3.05) is 39.9 Å². The molecule has 4 rings (SSSR count). The van der Waals surface area contributed by atoms with Crippen LogP contribution < -0.4 is 14.8 Å². The maximum atomic E-state index is 5.98. The zero-order valence-electron chi connectivity index (χ0n) is 11.7. The lowest BCUT2D eigenvalue weighted by molar-refractivity contribution is 0.236. The number of rotatable bonds is 1. The summed E-state index contributed by atoms with van der Waals surface area (Å²) in [6, 6.07) is 0.351. The van der Waals surface area contributed by atoms with E-state index in [1.54, 1.807) is 0 Å². The van der Waals surface area contributed by atoms with Gasteiger partial charge in [0.25, 0.3) is 0 Å². The average molecular weight is 339 g/mol. The van der Waals surface area contributed by atoms with Crippen molar-refractivity contribution in [3.63, 3.8) is 0 Å². The number of benzene rings is 1. The quantitative estimate of drug-likeness (QED) is 0.847. The van der Waals surface area contributed by atoms with E-state index in [2.05, 4.69) is 33.2 Å². The molecule has 0 amide bonds. The first-order chi connectivity index (χ1) is 9.75. The summed E-state index contributed by atoms with van der Waals surface area (Å²) in [6.45, 7) is 4.74. The zero-order valence-corrected chi connectivity index (χ0v) is 13.3. The van der Waals surface area contributed by atoms with Crippen LogP contribution in [0.3, 0.4) is 0 Å². The van der Waals surface area contributed by atoms with Crippen molar-refractivity contribution in [2.45, 2.75) is 18.9 Å². The molecule has 1 saturated heterocycles. The number of nitrogens with zero attached hydrogens (tertiary/aromatic N) is 1. The Morgan fingerprint density at radius 2 is 1.90 bits per heavy atom. The number of nitrogens with one attached hydrogen (secondary N) is 1. The van der Waals surface area contributed by atoms with Crippen LogP contribution in [0.2, 0.25) is 0 Å². The van der Waals surface area contributed by atoms with Crippen molar-refractivity contribution in [3.8, 4) is 11.5 Å². The minimum Gasteiger partial charge on any atom is -0.493 e. The van der Waals surface area contributed by atoms with Gasteiger partial charge in [0.2, 0.25) is 0 Å². The fourth-order valence-corrected chi connectivity index (χ4v) is 4.28. The highest BCUT2D eigenvalue weighted by Crippen LogP contribution is 2.49. The Kier molecular flexibility index (Phi) is 3.16. The number of hydrogen-bond acceptors (Lipinski definition) is 4. The van der Waals surface area contributed by atoms with E-state index in [4.69, 9.17) is 9.47 Å². The van der Waals surface area contributed by atoms with E-state index in [1.165, 1.54) is 16.7 Å². The fourth-order valence-electron chi connectivity index (χ4n) is 3.55. The van der Waals surface area contributed by atoms with Gasteiger partial charge in [-0.1, -0.05) is 0 Å². The molecule has 1 aromatic rings. The van der Waals surface area contributed by atoms with Gasteiger partial charge in [-0.2, -0.15) is 0 Å². The smallest absolute Gasteiger partial charge is 0.137 e. The second-order valence-corrected chi connectivity index (χ2v) is 6.60. The molecule has 1 aromatic carbocycles. The van der Waals surface area contributed by atoms with Gasteiger partial charge in [-0.05, 0) is 23.0 Å². The average Bonchev–Trinajstić information content (AvgIpc) is 3.08. The van der Waals surface area contributed by atoms with Crippen molar-refractivity contribution in [2.24, 2.45) is 0 Å². The minimum absolute atomic E-state index is 0.351. The topological polar surface area (TPSA) is 33.7 Å². The molecule has 1 N–H and O–H groups in total. The van der Waals surface area contributed by atoms with Crippen LogP contribution in [0.5, 0.6) is 11.5 Å². The number of piperazine rings is 1. The Balaban J connectivity index is 1.86. The first-order valence-corrected chi connectivity index (χ1v) is 8.09. The van der Waals surface area contributed by atoms with Crippen LogP contribution in [0.15, 0.2) is 4.47 Å². The Bertz CT molecular complexity index is 526. The van der Waals surface area contributed by atoms with Crippen LogP contribution in [-0.2, 0) is 12.8 Å². The summed E-state index contributed by atoms with van der Waals surface area (Å²) >= 11 is 3.72. The minimum atomic E-state index is 0.351. The maximum Gasteiger partial charge on any atom is 0.137 e. The summed E-state index contributed by atoms with van der Waals surface area (Å²) in [5.41, 5.74) is 3.97. The number of hydrogen-bond donors (Lipinski definition) is 1. The van der Waals surface area contributed by atoms with Crippen molar-refractivity contribution in [3.05, 3.63) is 21.2 Å². The van der Waals surface area contributed by atoms with Gasteiger partial charge in [0.15, 0.2) is 0 Å². The lowest BCUT2D eigenvalue weighted by Crippen LogP contribution is -2.44. The Morgan fingerprint density at radius 3 is 2.70 bits per heavy atom. The van der Waals surface area contributed by atoms with Gasteiger partial charge in [-0.25, -0.2) is 0 Å². The summed E-state index contributed by atoms with van der Waals surface area (Å²) < 4.78 is 13.0. The van der Waals surface area contributed by atoms with Crippen LogP contribution in [0.1, 0.15) is 22.7 Å². The molecule has 1 unspecified atom stereocenters. The molecule has 3 heterocycles. The van der Waals surface area contributed by atoms with Crippen molar-refractivity contribution >= 4 is 15.9 Å². The fraction of sp³-hybridized carbons (Fsp3) is 0.600. The molecule has 0 bridgehead atoms. The maximum absolute atomic E-state index is 5.98. The second-order valence-electron chi connectivity index (χ2n) is 5.81. The van der Waals surface area contributed by atoms with Gasteiger partial charge in [0.05, 0.1) is 17.7 Å². The van der Waals surface area contributed by atoms with Gasteiger partial charge in [0, 0.05) is 55.2 Å². The molecule has 108 valence electrons. The molecule has 0 aromatic heterocycles. The third-order valence-electron chi connectivity index (χ3n) is 4.51. The third kappa shape index (κ3) is 1.87. The van der Waals surface area contributed by atoms with E-state index in [0.717, 1.165) is 61.7 Å². The van der Waals surface area contributed by atoms with E-state index in [1.807, 2.05) is 0 Å². The summed E-state index contributed by atoms with van der Waals surface area (Å²) in [5.74, 6) is 2.16. The lowest BCUT2D eigenvalue weighted by Gasteiger charge is -2.33. The predicted molar refractivity (Wildman–Crippen MR) is 80.8 cm³/mol. The second kappa shape index (κ2) is 4.90. The molecule has 0 radical (unpaired) electrons. The number of fused-ring (bicyclic) bond motifs is 2. The largest absolute Gasteiger partial charge is 0.493 e. The van der Waals surface area contributed by atoms with E-state index in [9.17, 15) is 0 Å². The zero-order chi connectivity index (χ0) is 13.7. The highest BCUT2D eigenvalue weighted by atomic mass is 79.9. The lowest BCUT2D eigenvalue weighted by atomic mass is 9.93. The highest BCUT2D eigenvalue weighted by molar-refractivity contribution is 9.10. The van der Waals surface area contributed by atoms with Gasteiger partial charge in [-0.15, -0.1) is 0 Å². The summed E-state index contributed by atoms with van der Waals surface area (Å²) in [7, 11) is 2.19. The van der Waals surface area contributed by atoms with Crippen LogP contribution in [0.25, 0.3) is 0 Å². The SMILES string of the molecule is CN1CCNC(c2c3c(c(Br)c4c2OCC4)OCC3)C1. The molecular formula is C15H19BrN2O2. The molecule has 1 atom stereocenters. The summed E-state index contributed by atoms with van der Waals surface area (Å²) in [6.07, 6.45) is 1.96. The Hall–Kier alpha value is -0.780. The molecule has 3 aliphatic heterocycles. The standard InChI is InChI=1S/C15H19BrN2O2/c1-18-5-4-17-11(8-18)12-9-2-6-20-15(9)13(16)10-3-7-19-14(10)12/h11,17H,2-8H2,1H3. The van der Waals surface area contributed by atoms with Crippen molar-refractivity contribution in [1.82, 2.24) is 10.2 Å². The summed E-state index contributed by atoms with van der Waals surface area (Å²) in [4.78, 5) is 2.38. The van der Waals surface area contributed by atoms with Gasteiger partial charge >= 0.3 is 0 Å². The van der Waals surface area contributed by atoms with Crippen LogP contribution in [-0.4, -0.2) is 44.8 Å². The molecule has 20 heavy (non-hydrogen) atoms. The Morgan fingerprint density at radius 1 is 1.15 bits per heavy atom. The molecule has 0 saturated carbocycles. The molecule has 0 spiro atoms. The van der Waals surface area contributed by atoms with Crippen LogP contribution >= 0.6 is 15.9 Å². The number of ether oxygens (including phenoxy) is 2. The van der Waals surface area contributed by atoms with Crippen LogP contribution in [0.4, 0.5) is 0 Å².